The largest absolute Gasteiger partial charge is 0.493 e. The highest BCUT2D eigenvalue weighted by Crippen LogP contribution is 2.32. The van der Waals surface area contributed by atoms with Crippen LogP contribution < -0.4 is 14.8 Å². The van der Waals surface area contributed by atoms with Gasteiger partial charge in [0.25, 0.3) is 11.6 Å². The van der Waals surface area contributed by atoms with Gasteiger partial charge >= 0.3 is 6.61 Å². The van der Waals surface area contributed by atoms with Gasteiger partial charge in [-0.3, -0.25) is 19.7 Å². The van der Waals surface area contributed by atoms with Crippen molar-refractivity contribution in [1.29, 1.82) is 0 Å². The summed E-state index contributed by atoms with van der Waals surface area (Å²) in [6, 6.07) is 7.32. The first-order valence-corrected chi connectivity index (χ1v) is 9.71. The van der Waals surface area contributed by atoms with Crippen molar-refractivity contribution in [3.63, 3.8) is 0 Å². The van der Waals surface area contributed by atoms with Crippen LogP contribution in [0.1, 0.15) is 28.8 Å². The van der Waals surface area contributed by atoms with Crippen LogP contribution >= 0.6 is 0 Å². The van der Waals surface area contributed by atoms with Crippen LogP contribution in [0.4, 0.5) is 20.2 Å². The summed E-state index contributed by atoms with van der Waals surface area (Å²) in [7, 11) is 1.30. The third kappa shape index (κ3) is 4.93. The Morgan fingerprint density at radius 2 is 1.97 bits per heavy atom. The maximum absolute atomic E-state index is 13.0. The predicted molar refractivity (Wildman–Crippen MR) is 110 cm³/mol. The number of anilines is 1. The number of alkyl halides is 2. The highest BCUT2D eigenvalue weighted by Gasteiger charge is 2.35. The molecular formula is C21H21F2N3O6. The molecule has 2 amide bonds. The Morgan fingerprint density at radius 1 is 1.22 bits per heavy atom. The zero-order valence-corrected chi connectivity index (χ0v) is 17.3. The molecule has 9 nitrogen and oxygen atoms in total. The Kier molecular flexibility index (Phi) is 6.86. The zero-order valence-electron chi connectivity index (χ0n) is 17.3. The Morgan fingerprint density at radius 3 is 2.59 bits per heavy atom. The van der Waals surface area contributed by atoms with Gasteiger partial charge in [-0.05, 0) is 44.0 Å². The number of carbonyl (C=O) groups excluding carboxylic acids is 2. The van der Waals surface area contributed by atoms with Gasteiger partial charge in [0, 0.05) is 35.5 Å². The van der Waals surface area contributed by atoms with E-state index in [-0.39, 0.29) is 28.4 Å². The molecule has 1 unspecified atom stereocenters. The number of nitrogens with zero attached hydrogens (tertiary/aromatic N) is 2. The number of nitro groups is 1. The number of carbonyl (C=O) groups is 2. The number of hydrogen-bond acceptors (Lipinski definition) is 6. The number of ether oxygens (including phenoxy) is 2. The molecule has 32 heavy (non-hydrogen) atoms. The molecular weight excluding hydrogens is 428 g/mol. The molecule has 0 saturated carbocycles. The van der Waals surface area contributed by atoms with Gasteiger partial charge in [-0.2, -0.15) is 8.78 Å². The molecule has 1 aliphatic heterocycles. The Balaban J connectivity index is 1.76. The SMILES string of the molecule is COc1ccc(NC(=O)C2CCCN2C(=O)c2ccc([N+](=O)[O-])c(C)c2)cc1OC(F)F. The minimum absolute atomic E-state index is 0.0783. The molecule has 0 spiro atoms. The summed E-state index contributed by atoms with van der Waals surface area (Å²) >= 11 is 0. The molecule has 3 rings (SSSR count). The Labute approximate surface area is 182 Å². The van der Waals surface area contributed by atoms with Crippen LogP contribution in [0.5, 0.6) is 11.5 Å². The molecule has 1 aliphatic rings. The Hall–Kier alpha value is -3.76. The van der Waals surface area contributed by atoms with Gasteiger partial charge in [0.15, 0.2) is 11.5 Å². The smallest absolute Gasteiger partial charge is 0.387 e. The van der Waals surface area contributed by atoms with Gasteiger partial charge in [-0.25, -0.2) is 0 Å². The van der Waals surface area contributed by atoms with Crippen LogP contribution in [0.15, 0.2) is 36.4 Å². The molecule has 1 fully saturated rings. The lowest BCUT2D eigenvalue weighted by Crippen LogP contribution is -2.43. The molecule has 2 aromatic carbocycles. The monoisotopic (exact) mass is 449 g/mol. The number of rotatable bonds is 7. The highest BCUT2D eigenvalue weighted by molar-refractivity contribution is 6.01. The molecule has 0 bridgehead atoms. The van der Waals surface area contributed by atoms with Crippen molar-refractivity contribution < 1.29 is 32.8 Å². The number of benzene rings is 2. The summed E-state index contributed by atoms with van der Waals surface area (Å²) in [5, 5.41) is 13.6. The Bertz CT molecular complexity index is 1050. The van der Waals surface area contributed by atoms with E-state index in [1.165, 1.54) is 55.3 Å². The second-order valence-electron chi connectivity index (χ2n) is 7.15. The van der Waals surface area contributed by atoms with Gasteiger partial charge in [0.05, 0.1) is 12.0 Å². The molecule has 0 aliphatic carbocycles. The molecule has 11 heteroatoms. The van der Waals surface area contributed by atoms with E-state index in [0.717, 1.165) is 0 Å². The minimum atomic E-state index is -3.07. The van der Waals surface area contributed by atoms with Crippen molar-refractivity contribution in [1.82, 2.24) is 4.90 Å². The fraction of sp³-hybridized carbons (Fsp3) is 0.333. The number of halogens is 2. The van der Waals surface area contributed by atoms with Crippen molar-refractivity contribution in [2.24, 2.45) is 0 Å². The minimum Gasteiger partial charge on any atom is -0.493 e. The third-order valence-corrected chi connectivity index (χ3v) is 5.10. The molecule has 0 radical (unpaired) electrons. The summed E-state index contributed by atoms with van der Waals surface area (Å²) in [4.78, 5) is 37.7. The topological polar surface area (TPSA) is 111 Å². The van der Waals surface area contributed by atoms with E-state index in [1.807, 2.05) is 0 Å². The molecule has 2 aromatic rings. The average molecular weight is 449 g/mol. The van der Waals surface area contributed by atoms with Crippen molar-refractivity contribution >= 4 is 23.2 Å². The number of likely N-dealkylation sites (tertiary alicyclic amines) is 1. The second-order valence-corrected chi connectivity index (χ2v) is 7.15. The maximum atomic E-state index is 13.0. The van der Waals surface area contributed by atoms with Crippen LogP contribution in [0.2, 0.25) is 0 Å². The quantitative estimate of drug-likeness (QED) is 0.509. The van der Waals surface area contributed by atoms with Crippen molar-refractivity contribution in [2.45, 2.75) is 32.4 Å². The van der Waals surface area contributed by atoms with Crippen molar-refractivity contribution in [3.05, 3.63) is 57.6 Å². The summed E-state index contributed by atoms with van der Waals surface area (Å²) in [5.74, 6) is -1.06. The van der Waals surface area contributed by atoms with Gasteiger partial charge in [-0.1, -0.05) is 0 Å². The van der Waals surface area contributed by atoms with E-state index in [2.05, 4.69) is 10.1 Å². The lowest BCUT2D eigenvalue weighted by Gasteiger charge is -2.24. The number of nitro benzene ring substituents is 1. The van der Waals surface area contributed by atoms with E-state index in [1.54, 1.807) is 0 Å². The van der Waals surface area contributed by atoms with Crippen molar-refractivity contribution in [2.75, 3.05) is 19.0 Å². The summed E-state index contributed by atoms with van der Waals surface area (Å²) in [6.45, 7) is -1.19. The summed E-state index contributed by atoms with van der Waals surface area (Å²) in [6.07, 6.45) is 1.01. The van der Waals surface area contributed by atoms with Crippen LogP contribution in [0.25, 0.3) is 0 Å². The fourth-order valence-electron chi connectivity index (χ4n) is 3.61. The second kappa shape index (κ2) is 9.58. The molecule has 0 aromatic heterocycles. The first-order chi connectivity index (χ1) is 15.2. The molecule has 170 valence electrons. The third-order valence-electron chi connectivity index (χ3n) is 5.10. The standard InChI is InChI=1S/C21H21F2N3O6/c1-12-10-13(5-7-15(12)26(29)30)20(28)25-9-3-4-16(25)19(27)24-14-6-8-17(31-2)18(11-14)32-21(22)23/h5-8,10-11,16,21H,3-4,9H2,1-2H3,(H,24,27). The maximum Gasteiger partial charge on any atom is 0.387 e. The number of nitrogens with one attached hydrogen (secondary N) is 1. The predicted octanol–water partition coefficient (Wildman–Crippen LogP) is 3.76. The van der Waals surface area contributed by atoms with Gasteiger partial charge in [0.1, 0.15) is 6.04 Å². The van der Waals surface area contributed by atoms with Crippen LogP contribution in [-0.4, -0.2) is 47.9 Å². The first kappa shape index (κ1) is 22.9. The van der Waals surface area contributed by atoms with E-state index < -0.39 is 29.4 Å². The van der Waals surface area contributed by atoms with Gasteiger partial charge < -0.3 is 19.7 Å². The lowest BCUT2D eigenvalue weighted by molar-refractivity contribution is -0.385. The lowest BCUT2D eigenvalue weighted by atomic mass is 10.1. The van der Waals surface area contributed by atoms with E-state index in [0.29, 0.717) is 24.9 Å². The normalized spacial score (nSPS) is 15.5. The van der Waals surface area contributed by atoms with Crippen LogP contribution in [0.3, 0.4) is 0 Å². The van der Waals surface area contributed by atoms with Crippen LogP contribution in [-0.2, 0) is 4.79 Å². The van der Waals surface area contributed by atoms with Gasteiger partial charge in [-0.15, -0.1) is 0 Å². The average Bonchev–Trinajstić information content (AvgIpc) is 3.22. The molecule has 1 heterocycles. The zero-order chi connectivity index (χ0) is 23.4. The van der Waals surface area contributed by atoms with Gasteiger partial charge in [0.2, 0.25) is 5.91 Å². The van der Waals surface area contributed by atoms with E-state index in [9.17, 15) is 28.5 Å². The molecule has 1 N–H and O–H groups in total. The fourth-order valence-corrected chi connectivity index (χ4v) is 3.61. The van der Waals surface area contributed by atoms with E-state index in [4.69, 9.17) is 4.74 Å². The highest BCUT2D eigenvalue weighted by atomic mass is 19.3. The number of hydrogen-bond donors (Lipinski definition) is 1. The molecule has 1 saturated heterocycles. The van der Waals surface area contributed by atoms with Crippen LogP contribution in [0, 0.1) is 17.0 Å². The number of aryl methyl sites for hydroxylation is 1. The number of amides is 2. The van der Waals surface area contributed by atoms with E-state index >= 15 is 0 Å². The van der Waals surface area contributed by atoms with Crippen molar-refractivity contribution in [3.8, 4) is 11.5 Å². The summed E-state index contributed by atoms with van der Waals surface area (Å²) < 4.78 is 34.6. The molecule has 1 atom stereocenters. The first-order valence-electron chi connectivity index (χ1n) is 9.71. The summed E-state index contributed by atoms with van der Waals surface area (Å²) in [5.41, 5.74) is 0.686. The number of methoxy groups -OCH3 is 1.